The van der Waals surface area contributed by atoms with Gasteiger partial charge in [-0.3, -0.25) is 19.1 Å². The third-order valence-corrected chi connectivity index (χ3v) is 12.0. The second-order valence-electron chi connectivity index (χ2n) is 13.5. The fraction of sp³-hybridized carbons (Fsp3) is 0.444. The first-order chi connectivity index (χ1) is 23.1. The number of rotatable bonds is 6. The number of sulfonamides is 1. The van der Waals surface area contributed by atoms with Crippen molar-refractivity contribution in [2.75, 3.05) is 20.2 Å². The van der Waals surface area contributed by atoms with Crippen LogP contribution in [0, 0.1) is 17.8 Å². The first-order valence-corrected chi connectivity index (χ1v) is 18.2. The summed E-state index contributed by atoms with van der Waals surface area (Å²) in [7, 11) is -2.09. The quantitative estimate of drug-likeness (QED) is 0.381. The largest absolute Gasteiger partial charge is 0.490 e. The Balaban J connectivity index is 1.17. The Kier molecular flexibility index (Phi) is 8.39. The summed E-state index contributed by atoms with van der Waals surface area (Å²) in [5.41, 5.74) is 3.04. The van der Waals surface area contributed by atoms with Gasteiger partial charge in [0.2, 0.25) is 21.8 Å². The lowest BCUT2D eigenvalue weighted by Gasteiger charge is -2.26. The normalized spacial score (nSPS) is 29.9. The number of hydrogen-bond donors (Lipinski definition) is 2. The number of carbonyl (C=O) groups is 3. The van der Waals surface area contributed by atoms with Crippen LogP contribution >= 0.6 is 0 Å². The summed E-state index contributed by atoms with van der Waals surface area (Å²) in [6.07, 6.45) is 8.16. The Labute approximate surface area is 280 Å². The highest BCUT2D eigenvalue weighted by Crippen LogP contribution is 2.47. The SMILES string of the molecule is C=C[C@H]1C[C@@]1(NC(=O)[C@@H]1C[C@@H]2C[C@H]1C(=O)N(C)CCC/C=C\COc1ccc3c(c1)/C(=N/O2)c1ccccc1-3)C(=O)NS(=O)(=O)C1CC1. The van der Waals surface area contributed by atoms with Crippen molar-refractivity contribution in [3.63, 3.8) is 0 Å². The van der Waals surface area contributed by atoms with Crippen molar-refractivity contribution in [2.45, 2.75) is 61.8 Å². The molecular formula is C36H40N4O7S. The summed E-state index contributed by atoms with van der Waals surface area (Å²) >= 11 is 0. The van der Waals surface area contributed by atoms with Crippen molar-refractivity contribution in [3.8, 4) is 16.9 Å². The average molecular weight is 673 g/mol. The van der Waals surface area contributed by atoms with E-state index in [2.05, 4.69) is 21.8 Å². The van der Waals surface area contributed by atoms with E-state index in [9.17, 15) is 22.8 Å². The second-order valence-corrected chi connectivity index (χ2v) is 15.4. The van der Waals surface area contributed by atoms with E-state index >= 15 is 0 Å². The van der Waals surface area contributed by atoms with Crippen LogP contribution in [0.25, 0.3) is 11.1 Å². The van der Waals surface area contributed by atoms with Crippen LogP contribution in [0.4, 0.5) is 0 Å². The standard InChI is InChI=1S/C36H40N4O7S/c1-3-22-21-36(22,35(43)39-48(44,45)25-13-14-25)37-33(41)30-19-24-20-31(30)34(42)40(2)16-8-4-5-9-17-46-23-12-15-27-26-10-6-7-11-28(26)32(38-47-24)29(27)18-23/h3,5-7,9-12,15,18,22,24-25,30-31H,1,4,8,13-14,16-17,19-21H2,2H3,(H,37,41)(H,39,43)/b9-5-,38-32+/t22-,24+,30+,31+,36-/m0/s1. The number of carbonyl (C=O) groups excluding carboxylic acids is 3. The molecule has 2 N–H and O–H groups in total. The molecule has 11 nitrogen and oxygen atoms in total. The van der Waals surface area contributed by atoms with Gasteiger partial charge in [-0.25, -0.2) is 8.42 Å². The van der Waals surface area contributed by atoms with Gasteiger partial charge >= 0.3 is 0 Å². The van der Waals surface area contributed by atoms with Crippen LogP contribution in [0.1, 0.15) is 56.1 Å². The highest BCUT2D eigenvalue weighted by molar-refractivity contribution is 7.91. The van der Waals surface area contributed by atoms with E-state index in [0.717, 1.165) is 35.1 Å². The summed E-state index contributed by atoms with van der Waals surface area (Å²) in [5, 5.41) is 6.91. The van der Waals surface area contributed by atoms with Crippen molar-refractivity contribution in [1.29, 1.82) is 0 Å². The van der Waals surface area contributed by atoms with Gasteiger partial charge in [-0.2, -0.15) is 0 Å². The first kappa shape index (κ1) is 32.1. The molecule has 0 radical (unpaired) electrons. The van der Waals surface area contributed by atoms with Crippen LogP contribution in [0.5, 0.6) is 5.75 Å². The van der Waals surface area contributed by atoms with Gasteiger partial charge in [0.05, 0.1) is 17.1 Å². The maximum absolute atomic E-state index is 14.0. The van der Waals surface area contributed by atoms with E-state index in [0.29, 0.717) is 37.5 Å². The van der Waals surface area contributed by atoms with Crippen molar-refractivity contribution in [1.82, 2.24) is 14.9 Å². The average Bonchev–Trinajstić information content (AvgIpc) is 3.99. The predicted molar refractivity (Wildman–Crippen MR) is 179 cm³/mol. The number of nitrogens with zero attached hydrogens (tertiary/aromatic N) is 2. The number of amides is 3. The summed E-state index contributed by atoms with van der Waals surface area (Å²) in [5.74, 6) is -2.69. The fourth-order valence-electron chi connectivity index (χ4n) is 7.18. The maximum Gasteiger partial charge on any atom is 0.259 e. The summed E-state index contributed by atoms with van der Waals surface area (Å²) in [4.78, 5) is 49.1. The minimum Gasteiger partial charge on any atom is -0.490 e. The molecule has 3 saturated carbocycles. The Hall–Kier alpha value is -4.45. The van der Waals surface area contributed by atoms with Crippen LogP contribution in [-0.4, -0.2) is 73.8 Å². The monoisotopic (exact) mass is 672 g/mol. The molecule has 0 saturated heterocycles. The molecule has 5 atom stereocenters. The van der Waals surface area contributed by atoms with E-state index < -0.39 is 56.5 Å². The Morgan fingerprint density at radius 1 is 1.06 bits per heavy atom. The number of oxime groups is 1. The third kappa shape index (κ3) is 6.02. The zero-order chi connectivity index (χ0) is 33.6. The summed E-state index contributed by atoms with van der Waals surface area (Å²) in [6.45, 7) is 4.68. The number of benzene rings is 2. The number of fused-ring (bicyclic) bond motifs is 6. The highest BCUT2D eigenvalue weighted by Gasteiger charge is 2.62. The van der Waals surface area contributed by atoms with E-state index in [4.69, 9.17) is 9.57 Å². The minimum atomic E-state index is -3.82. The van der Waals surface area contributed by atoms with Crippen molar-refractivity contribution >= 4 is 33.5 Å². The highest BCUT2D eigenvalue weighted by atomic mass is 32.2. The lowest BCUT2D eigenvalue weighted by Crippen LogP contribution is -2.54. The summed E-state index contributed by atoms with van der Waals surface area (Å²) < 4.78 is 33.4. The van der Waals surface area contributed by atoms with E-state index in [1.54, 1.807) is 18.0 Å². The zero-order valence-electron chi connectivity index (χ0n) is 26.9. The van der Waals surface area contributed by atoms with Crippen LogP contribution < -0.4 is 14.8 Å². The van der Waals surface area contributed by atoms with Gasteiger partial charge in [-0.05, 0) is 74.3 Å². The fourth-order valence-corrected chi connectivity index (χ4v) is 8.54. The number of nitrogens with one attached hydrogen (secondary N) is 2. The second kappa shape index (κ2) is 12.5. The lowest BCUT2D eigenvalue weighted by molar-refractivity contribution is -0.140. The Bertz CT molecular complexity index is 1830. The molecule has 0 spiro atoms. The molecule has 0 aromatic heterocycles. The molecule has 5 aliphatic rings. The predicted octanol–water partition coefficient (Wildman–Crippen LogP) is 3.69. The molecule has 3 fully saturated rings. The van der Waals surface area contributed by atoms with Crippen molar-refractivity contribution < 1.29 is 32.4 Å². The topological polar surface area (TPSA) is 143 Å². The minimum absolute atomic E-state index is 0.186. The Morgan fingerprint density at radius 2 is 1.83 bits per heavy atom. The van der Waals surface area contributed by atoms with Crippen LogP contribution in [-0.2, 0) is 29.2 Å². The molecule has 4 aliphatic carbocycles. The number of ether oxygens (including phenoxy) is 1. The van der Waals surface area contributed by atoms with E-state index in [1.165, 1.54) is 0 Å². The van der Waals surface area contributed by atoms with Gasteiger partial charge in [0, 0.05) is 30.6 Å². The lowest BCUT2D eigenvalue weighted by atomic mass is 9.93. The molecule has 12 heteroatoms. The number of allylic oxidation sites excluding steroid dienone is 1. The Morgan fingerprint density at radius 3 is 2.58 bits per heavy atom. The van der Waals surface area contributed by atoms with Crippen molar-refractivity contribution in [3.05, 3.63) is 78.4 Å². The van der Waals surface area contributed by atoms with Gasteiger partial charge in [-0.15, -0.1) is 6.58 Å². The maximum atomic E-state index is 14.0. The van der Waals surface area contributed by atoms with Crippen LogP contribution in [0.3, 0.4) is 0 Å². The molecule has 2 aromatic carbocycles. The number of hydrogen-bond acceptors (Lipinski definition) is 8. The van der Waals surface area contributed by atoms with Crippen molar-refractivity contribution in [2.24, 2.45) is 22.9 Å². The van der Waals surface area contributed by atoms with Crippen LogP contribution in [0.15, 0.2) is 72.4 Å². The van der Waals surface area contributed by atoms with E-state index in [1.807, 2.05) is 54.6 Å². The molecule has 0 unspecified atom stereocenters. The zero-order valence-corrected chi connectivity index (χ0v) is 27.7. The first-order valence-electron chi connectivity index (χ1n) is 16.6. The van der Waals surface area contributed by atoms with Crippen LogP contribution in [0.2, 0.25) is 0 Å². The van der Waals surface area contributed by atoms with Gasteiger partial charge in [0.15, 0.2) is 0 Å². The van der Waals surface area contributed by atoms with Gasteiger partial charge < -0.3 is 19.8 Å². The van der Waals surface area contributed by atoms with Gasteiger partial charge in [0.25, 0.3) is 5.91 Å². The molecule has 2 aromatic rings. The molecule has 3 amide bonds. The smallest absolute Gasteiger partial charge is 0.259 e. The molecule has 252 valence electrons. The molecule has 1 aliphatic heterocycles. The molecular weight excluding hydrogens is 632 g/mol. The van der Waals surface area contributed by atoms with Gasteiger partial charge in [0.1, 0.15) is 29.7 Å². The molecule has 1 heterocycles. The molecule has 7 rings (SSSR count). The van der Waals surface area contributed by atoms with E-state index in [-0.39, 0.29) is 25.2 Å². The third-order valence-electron chi connectivity index (χ3n) is 10.2. The molecule has 4 bridgehead atoms. The molecule has 48 heavy (non-hydrogen) atoms. The van der Waals surface area contributed by atoms with Gasteiger partial charge in [-0.1, -0.05) is 47.6 Å². The summed E-state index contributed by atoms with van der Waals surface area (Å²) in [6, 6.07) is 13.9.